The maximum Gasteiger partial charge on any atom is 0.223 e. The number of nitrogens with one attached hydrogen (secondary N) is 2. The van der Waals surface area contributed by atoms with Gasteiger partial charge < -0.3 is 10.3 Å². The molecule has 0 aliphatic heterocycles. The molecule has 2 atom stereocenters. The molecular formula is C15H18N2O. The number of amides is 1. The predicted octanol–water partition coefficient (Wildman–Crippen LogP) is 2.48. The van der Waals surface area contributed by atoms with E-state index >= 15 is 0 Å². The van der Waals surface area contributed by atoms with Crippen molar-refractivity contribution < 1.29 is 4.79 Å². The highest BCUT2D eigenvalue weighted by molar-refractivity contribution is 5.83. The van der Waals surface area contributed by atoms with Crippen LogP contribution in [0.5, 0.6) is 0 Å². The molecule has 0 saturated heterocycles. The van der Waals surface area contributed by atoms with Gasteiger partial charge in [-0.05, 0) is 30.4 Å². The first-order chi connectivity index (χ1) is 8.75. The third-order valence-corrected chi connectivity index (χ3v) is 3.81. The van der Waals surface area contributed by atoms with E-state index in [2.05, 4.69) is 29.4 Å². The van der Waals surface area contributed by atoms with Gasteiger partial charge in [0.1, 0.15) is 0 Å². The van der Waals surface area contributed by atoms with Crippen molar-refractivity contribution in [2.75, 3.05) is 6.54 Å². The monoisotopic (exact) mass is 242 g/mol. The molecule has 1 fully saturated rings. The third kappa shape index (κ3) is 2.13. The maximum absolute atomic E-state index is 11.7. The molecular weight excluding hydrogens is 224 g/mol. The minimum atomic E-state index is 0.224. The van der Waals surface area contributed by atoms with Crippen LogP contribution in [-0.4, -0.2) is 17.4 Å². The molecule has 1 heterocycles. The lowest BCUT2D eigenvalue weighted by atomic mass is 10.1. The van der Waals surface area contributed by atoms with Crippen molar-refractivity contribution in [1.29, 1.82) is 0 Å². The van der Waals surface area contributed by atoms with Gasteiger partial charge >= 0.3 is 0 Å². The van der Waals surface area contributed by atoms with Crippen LogP contribution in [0.4, 0.5) is 0 Å². The minimum Gasteiger partial charge on any atom is -0.361 e. The van der Waals surface area contributed by atoms with Crippen molar-refractivity contribution in [3.63, 3.8) is 0 Å². The summed E-state index contributed by atoms with van der Waals surface area (Å²) in [7, 11) is 0. The molecule has 1 aliphatic carbocycles. The molecule has 0 unspecified atom stereocenters. The second-order valence-corrected chi connectivity index (χ2v) is 5.22. The van der Waals surface area contributed by atoms with Crippen LogP contribution in [0.25, 0.3) is 10.9 Å². The summed E-state index contributed by atoms with van der Waals surface area (Å²) in [6.45, 7) is 2.85. The quantitative estimate of drug-likeness (QED) is 0.850. The van der Waals surface area contributed by atoms with Crippen LogP contribution in [0.2, 0.25) is 0 Å². The number of hydrogen-bond donors (Lipinski definition) is 2. The fourth-order valence-electron chi connectivity index (χ4n) is 2.48. The zero-order chi connectivity index (χ0) is 12.5. The van der Waals surface area contributed by atoms with E-state index in [-0.39, 0.29) is 11.8 Å². The van der Waals surface area contributed by atoms with Crippen LogP contribution in [0.15, 0.2) is 30.5 Å². The first-order valence-corrected chi connectivity index (χ1v) is 6.58. The zero-order valence-corrected chi connectivity index (χ0v) is 10.6. The minimum absolute atomic E-state index is 0.224. The molecule has 1 aromatic carbocycles. The molecule has 1 amide bonds. The van der Waals surface area contributed by atoms with Crippen molar-refractivity contribution in [2.24, 2.45) is 11.8 Å². The highest BCUT2D eigenvalue weighted by Gasteiger charge is 2.38. The molecule has 0 radical (unpaired) electrons. The summed E-state index contributed by atoms with van der Waals surface area (Å²) in [6.07, 6.45) is 3.98. The molecule has 0 spiro atoms. The summed E-state index contributed by atoms with van der Waals surface area (Å²) in [5.41, 5.74) is 2.43. The highest BCUT2D eigenvalue weighted by atomic mass is 16.2. The maximum atomic E-state index is 11.7. The largest absolute Gasteiger partial charge is 0.361 e. The van der Waals surface area contributed by atoms with Crippen LogP contribution >= 0.6 is 0 Å². The molecule has 2 N–H and O–H groups in total. The Bertz CT molecular complexity index is 573. The van der Waals surface area contributed by atoms with Crippen molar-refractivity contribution in [1.82, 2.24) is 10.3 Å². The summed E-state index contributed by atoms with van der Waals surface area (Å²) in [4.78, 5) is 14.9. The number of carbonyl (C=O) groups excluding carboxylic acids is 1. The number of H-pyrrole nitrogens is 1. The Morgan fingerprint density at radius 3 is 3.00 bits per heavy atom. The van der Waals surface area contributed by atoms with Crippen molar-refractivity contribution in [2.45, 2.75) is 19.8 Å². The van der Waals surface area contributed by atoms with Crippen LogP contribution < -0.4 is 5.32 Å². The molecule has 3 nitrogen and oxygen atoms in total. The Hall–Kier alpha value is -1.77. The lowest BCUT2D eigenvalue weighted by Gasteiger charge is -2.03. The Kier molecular flexibility index (Phi) is 2.82. The van der Waals surface area contributed by atoms with E-state index < -0.39 is 0 Å². The fourth-order valence-corrected chi connectivity index (χ4v) is 2.48. The van der Waals surface area contributed by atoms with E-state index in [4.69, 9.17) is 0 Å². The average Bonchev–Trinajstić information content (AvgIpc) is 2.98. The third-order valence-electron chi connectivity index (χ3n) is 3.81. The highest BCUT2D eigenvalue weighted by Crippen LogP contribution is 2.37. The van der Waals surface area contributed by atoms with Gasteiger partial charge in [0, 0.05) is 29.6 Å². The van der Waals surface area contributed by atoms with Gasteiger partial charge in [-0.2, -0.15) is 0 Å². The van der Waals surface area contributed by atoms with Crippen LogP contribution in [-0.2, 0) is 11.2 Å². The lowest BCUT2D eigenvalue weighted by molar-refractivity contribution is -0.122. The smallest absolute Gasteiger partial charge is 0.223 e. The molecule has 94 valence electrons. The average molecular weight is 242 g/mol. The van der Waals surface area contributed by atoms with Crippen LogP contribution in [0.1, 0.15) is 18.9 Å². The summed E-state index contributed by atoms with van der Waals surface area (Å²) in [5, 5.41) is 4.28. The normalized spacial score (nSPS) is 22.1. The summed E-state index contributed by atoms with van der Waals surface area (Å²) < 4.78 is 0. The first kappa shape index (κ1) is 11.3. The fraction of sp³-hybridized carbons (Fsp3) is 0.400. The predicted molar refractivity (Wildman–Crippen MR) is 72.3 cm³/mol. The molecule has 1 saturated carbocycles. The number of rotatable bonds is 4. The van der Waals surface area contributed by atoms with Gasteiger partial charge in [0.15, 0.2) is 0 Å². The standard InChI is InChI=1S/C15H18N2O/c1-10-8-13(10)15(18)16-7-6-11-9-17-14-5-3-2-4-12(11)14/h2-5,9-10,13,17H,6-8H2,1H3,(H,16,18)/t10-,13+/m0/s1. The SMILES string of the molecule is C[C@H]1C[C@H]1C(=O)NCCc1c[nH]c2ccccc12. The Labute approximate surface area is 107 Å². The number of benzene rings is 1. The van der Waals surface area contributed by atoms with Crippen LogP contribution in [0, 0.1) is 11.8 Å². The molecule has 1 aromatic heterocycles. The number of hydrogen-bond acceptors (Lipinski definition) is 1. The van der Waals surface area contributed by atoms with Gasteiger partial charge in [-0.15, -0.1) is 0 Å². The molecule has 3 heteroatoms. The Balaban J connectivity index is 1.58. The first-order valence-electron chi connectivity index (χ1n) is 6.58. The molecule has 1 aliphatic rings. The van der Waals surface area contributed by atoms with Gasteiger partial charge in [0.2, 0.25) is 5.91 Å². The summed E-state index contributed by atoms with van der Waals surface area (Å²) >= 11 is 0. The van der Waals surface area contributed by atoms with Gasteiger partial charge in [-0.25, -0.2) is 0 Å². The van der Waals surface area contributed by atoms with Crippen molar-refractivity contribution >= 4 is 16.8 Å². The number of carbonyl (C=O) groups is 1. The second-order valence-electron chi connectivity index (χ2n) is 5.22. The second kappa shape index (κ2) is 4.48. The van der Waals surface area contributed by atoms with Gasteiger partial charge in [-0.1, -0.05) is 25.1 Å². The zero-order valence-electron chi connectivity index (χ0n) is 10.6. The Morgan fingerprint density at radius 1 is 1.44 bits per heavy atom. The number of fused-ring (bicyclic) bond motifs is 1. The van der Waals surface area contributed by atoms with E-state index in [1.54, 1.807) is 0 Å². The summed E-state index contributed by atoms with van der Waals surface area (Å²) in [6, 6.07) is 8.26. The molecule has 0 bridgehead atoms. The lowest BCUT2D eigenvalue weighted by Crippen LogP contribution is -2.27. The van der Waals surface area contributed by atoms with Crippen molar-refractivity contribution in [3.05, 3.63) is 36.0 Å². The molecule has 18 heavy (non-hydrogen) atoms. The number of para-hydroxylation sites is 1. The Morgan fingerprint density at radius 2 is 2.22 bits per heavy atom. The van der Waals surface area contributed by atoms with Gasteiger partial charge in [-0.3, -0.25) is 4.79 Å². The molecule has 3 rings (SSSR count). The van der Waals surface area contributed by atoms with E-state index in [0.717, 1.165) is 24.9 Å². The van der Waals surface area contributed by atoms with Gasteiger partial charge in [0.25, 0.3) is 0 Å². The van der Waals surface area contributed by atoms with E-state index in [1.165, 1.54) is 10.9 Å². The topological polar surface area (TPSA) is 44.9 Å². The van der Waals surface area contributed by atoms with Gasteiger partial charge in [0.05, 0.1) is 0 Å². The van der Waals surface area contributed by atoms with E-state index in [1.807, 2.05) is 18.3 Å². The van der Waals surface area contributed by atoms with E-state index in [0.29, 0.717) is 5.92 Å². The van der Waals surface area contributed by atoms with Crippen molar-refractivity contribution in [3.8, 4) is 0 Å². The number of aromatic amines is 1. The van der Waals surface area contributed by atoms with Crippen LogP contribution in [0.3, 0.4) is 0 Å². The molecule has 2 aromatic rings. The van der Waals surface area contributed by atoms with E-state index in [9.17, 15) is 4.79 Å². The number of aromatic nitrogens is 1. The summed E-state index contributed by atoms with van der Waals surface area (Å²) in [5.74, 6) is 1.08.